The minimum atomic E-state index is 0.0446. The van der Waals surface area contributed by atoms with Crippen molar-refractivity contribution in [3.63, 3.8) is 0 Å². The van der Waals surface area contributed by atoms with Crippen LogP contribution in [0.4, 0.5) is 0 Å². The highest BCUT2D eigenvalue weighted by atomic mass is 35.5. The van der Waals surface area contributed by atoms with Gasteiger partial charge in [-0.3, -0.25) is 4.79 Å². The van der Waals surface area contributed by atoms with E-state index >= 15 is 0 Å². The number of aryl methyl sites for hydroxylation is 1. The smallest absolute Gasteiger partial charge is 0.221 e. The molecular formula is C21H23Cl2N3O. The quantitative estimate of drug-likeness (QED) is 0.596. The average Bonchev–Trinajstić information content (AvgIpc) is 2.98. The van der Waals surface area contributed by atoms with Gasteiger partial charge in [0.1, 0.15) is 5.82 Å². The van der Waals surface area contributed by atoms with Crippen molar-refractivity contribution in [1.82, 2.24) is 14.9 Å². The first-order chi connectivity index (χ1) is 13.0. The molecule has 27 heavy (non-hydrogen) atoms. The van der Waals surface area contributed by atoms with Gasteiger partial charge in [0.15, 0.2) is 0 Å². The Morgan fingerprint density at radius 1 is 1.11 bits per heavy atom. The second-order valence-electron chi connectivity index (χ2n) is 6.99. The van der Waals surface area contributed by atoms with E-state index in [1.54, 1.807) is 0 Å². The Kier molecular flexibility index (Phi) is 6.40. The Morgan fingerprint density at radius 3 is 2.52 bits per heavy atom. The number of nitrogens with zero attached hydrogens (tertiary/aromatic N) is 2. The Hall–Kier alpha value is -2.04. The summed E-state index contributed by atoms with van der Waals surface area (Å²) in [5.41, 5.74) is 2.76. The molecule has 0 unspecified atom stereocenters. The van der Waals surface area contributed by atoms with Crippen LogP contribution in [-0.4, -0.2) is 22.0 Å². The predicted octanol–water partition coefficient (Wildman–Crippen LogP) is 5.10. The van der Waals surface area contributed by atoms with Gasteiger partial charge in [-0.25, -0.2) is 4.98 Å². The van der Waals surface area contributed by atoms with Crippen molar-refractivity contribution in [1.29, 1.82) is 0 Å². The predicted molar refractivity (Wildman–Crippen MR) is 111 cm³/mol. The Labute approximate surface area is 169 Å². The molecule has 0 aliphatic heterocycles. The maximum Gasteiger partial charge on any atom is 0.221 e. The summed E-state index contributed by atoms with van der Waals surface area (Å²) in [6.07, 6.45) is 0.914. The number of hydrogen-bond acceptors (Lipinski definition) is 2. The monoisotopic (exact) mass is 403 g/mol. The van der Waals surface area contributed by atoms with Crippen molar-refractivity contribution < 1.29 is 4.79 Å². The molecule has 0 spiro atoms. The molecule has 1 heterocycles. The summed E-state index contributed by atoms with van der Waals surface area (Å²) >= 11 is 12.7. The van der Waals surface area contributed by atoms with Crippen molar-refractivity contribution in [3.05, 3.63) is 63.9 Å². The molecule has 142 valence electrons. The summed E-state index contributed by atoms with van der Waals surface area (Å²) in [6.45, 7) is 5.40. The van der Waals surface area contributed by atoms with Gasteiger partial charge in [-0.2, -0.15) is 0 Å². The van der Waals surface area contributed by atoms with Crippen LogP contribution < -0.4 is 5.32 Å². The summed E-state index contributed by atoms with van der Waals surface area (Å²) in [5, 5.41) is 4.21. The average molecular weight is 404 g/mol. The molecule has 3 aromatic rings. The van der Waals surface area contributed by atoms with Gasteiger partial charge in [0.25, 0.3) is 0 Å². The van der Waals surface area contributed by atoms with Gasteiger partial charge in [-0.05, 0) is 35.7 Å². The zero-order chi connectivity index (χ0) is 19.4. The van der Waals surface area contributed by atoms with E-state index in [2.05, 4.69) is 23.7 Å². The molecule has 4 nitrogen and oxygen atoms in total. The lowest BCUT2D eigenvalue weighted by Crippen LogP contribution is -2.28. The Bertz CT molecular complexity index is 929. The van der Waals surface area contributed by atoms with E-state index in [0.29, 0.717) is 41.9 Å². The molecule has 0 saturated carbocycles. The second kappa shape index (κ2) is 8.77. The molecule has 0 atom stereocenters. The van der Waals surface area contributed by atoms with E-state index in [-0.39, 0.29) is 5.91 Å². The van der Waals surface area contributed by atoms with E-state index in [1.165, 1.54) is 0 Å². The Morgan fingerprint density at radius 2 is 1.81 bits per heavy atom. The number of para-hydroxylation sites is 2. The highest BCUT2D eigenvalue weighted by Crippen LogP contribution is 2.28. The first kappa shape index (κ1) is 19.7. The van der Waals surface area contributed by atoms with Gasteiger partial charge >= 0.3 is 0 Å². The molecule has 0 bridgehead atoms. The van der Waals surface area contributed by atoms with Crippen LogP contribution in [0.2, 0.25) is 10.0 Å². The number of fused-ring (bicyclic) bond motifs is 1. The van der Waals surface area contributed by atoms with E-state index < -0.39 is 0 Å². The lowest BCUT2D eigenvalue weighted by molar-refractivity contribution is -0.121. The van der Waals surface area contributed by atoms with Crippen LogP contribution in [0.25, 0.3) is 11.0 Å². The summed E-state index contributed by atoms with van der Waals surface area (Å²) in [7, 11) is 0. The van der Waals surface area contributed by atoms with Gasteiger partial charge < -0.3 is 9.88 Å². The van der Waals surface area contributed by atoms with E-state index in [0.717, 1.165) is 22.4 Å². The molecular weight excluding hydrogens is 381 g/mol. The number of imidazole rings is 1. The molecule has 1 aromatic heterocycles. The molecule has 0 radical (unpaired) electrons. The van der Waals surface area contributed by atoms with Crippen molar-refractivity contribution in [3.8, 4) is 0 Å². The van der Waals surface area contributed by atoms with Crippen LogP contribution in [0, 0.1) is 5.92 Å². The van der Waals surface area contributed by atoms with Crippen LogP contribution in [-0.2, 0) is 17.8 Å². The summed E-state index contributed by atoms with van der Waals surface area (Å²) in [5.74, 6) is 1.33. The van der Waals surface area contributed by atoms with Crippen LogP contribution in [0.1, 0.15) is 31.7 Å². The number of halogens is 2. The molecule has 0 aliphatic rings. The molecule has 1 N–H and O–H groups in total. The highest BCUT2D eigenvalue weighted by molar-refractivity contribution is 6.36. The molecule has 0 fully saturated rings. The maximum atomic E-state index is 12.2. The number of aromatic nitrogens is 2. The fourth-order valence-electron chi connectivity index (χ4n) is 2.99. The zero-order valence-electron chi connectivity index (χ0n) is 15.5. The van der Waals surface area contributed by atoms with E-state index in [9.17, 15) is 4.79 Å². The highest BCUT2D eigenvalue weighted by Gasteiger charge is 2.15. The van der Waals surface area contributed by atoms with Crippen LogP contribution in [0.3, 0.4) is 0 Å². The number of carbonyl (C=O) groups is 1. The number of rotatable bonds is 7. The minimum Gasteiger partial charge on any atom is -0.356 e. The third-order valence-corrected chi connectivity index (χ3v) is 5.11. The number of hydrogen-bond donors (Lipinski definition) is 1. The van der Waals surface area contributed by atoms with Crippen molar-refractivity contribution in [2.75, 3.05) is 6.54 Å². The van der Waals surface area contributed by atoms with E-state index in [4.69, 9.17) is 28.2 Å². The van der Waals surface area contributed by atoms with Gasteiger partial charge in [0.05, 0.1) is 11.0 Å². The third-order valence-electron chi connectivity index (χ3n) is 4.40. The zero-order valence-corrected chi connectivity index (χ0v) is 17.0. The largest absolute Gasteiger partial charge is 0.356 e. The fraction of sp³-hybridized carbons (Fsp3) is 0.333. The summed E-state index contributed by atoms with van der Waals surface area (Å²) in [4.78, 5) is 16.9. The van der Waals surface area contributed by atoms with Crippen molar-refractivity contribution in [2.24, 2.45) is 5.92 Å². The van der Waals surface area contributed by atoms with Gasteiger partial charge in [0.2, 0.25) is 5.91 Å². The van der Waals surface area contributed by atoms with Crippen LogP contribution in [0.5, 0.6) is 0 Å². The molecule has 0 aliphatic carbocycles. The maximum absolute atomic E-state index is 12.2. The minimum absolute atomic E-state index is 0.0446. The molecule has 6 heteroatoms. The number of nitrogens with one attached hydrogen (secondary N) is 1. The first-order valence-electron chi connectivity index (χ1n) is 9.09. The topological polar surface area (TPSA) is 46.9 Å². The van der Waals surface area contributed by atoms with Gasteiger partial charge in [0, 0.05) is 36.0 Å². The normalized spacial score (nSPS) is 11.3. The molecule has 2 aromatic carbocycles. The van der Waals surface area contributed by atoms with Gasteiger partial charge in [-0.1, -0.05) is 55.2 Å². The van der Waals surface area contributed by atoms with Crippen molar-refractivity contribution in [2.45, 2.75) is 33.2 Å². The van der Waals surface area contributed by atoms with Crippen LogP contribution >= 0.6 is 23.2 Å². The summed E-state index contributed by atoms with van der Waals surface area (Å²) < 4.78 is 2.09. The van der Waals surface area contributed by atoms with Crippen LogP contribution in [0.15, 0.2) is 42.5 Å². The summed E-state index contributed by atoms with van der Waals surface area (Å²) in [6, 6.07) is 13.4. The number of amides is 1. The van der Waals surface area contributed by atoms with Gasteiger partial charge in [-0.15, -0.1) is 0 Å². The number of benzene rings is 2. The number of carbonyl (C=O) groups excluding carboxylic acids is 1. The lowest BCUT2D eigenvalue weighted by Gasteiger charge is -2.12. The van der Waals surface area contributed by atoms with Crippen molar-refractivity contribution >= 4 is 40.1 Å². The lowest BCUT2D eigenvalue weighted by atomic mass is 10.1. The SMILES string of the molecule is CC(C)CNC(=O)CCn1c(Cc2c(Cl)cccc2Cl)nc2ccccc21. The fourth-order valence-corrected chi connectivity index (χ4v) is 3.52. The Balaban J connectivity index is 1.87. The molecule has 1 amide bonds. The standard InChI is InChI=1S/C21H23Cl2N3O/c1-14(2)13-24-21(27)10-11-26-19-9-4-3-8-18(19)25-20(26)12-15-16(22)6-5-7-17(15)23/h3-9,14H,10-13H2,1-2H3,(H,24,27). The van der Waals surface area contributed by atoms with E-state index in [1.807, 2.05) is 42.5 Å². The second-order valence-corrected chi connectivity index (χ2v) is 7.81. The first-order valence-corrected chi connectivity index (χ1v) is 9.85. The third kappa shape index (κ3) is 4.82. The molecule has 3 rings (SSSR count). The molecule has 0 saturated heterocycles.